The van der Waals surface area contributed by atoms with Crippen LogP contribution in [0.2, 0.25) is 0 Å². The third-order valence-electron chi connectivity index (χ3n) is 4.47. The molecule has 2 aromatic carbocycles. The number of ether oxygens (including phenoxy) is 1. The molecule has 0 amide bonds. The van der Waals surface area contributed by atoms with E-state index in [0.29, 0.717) is 5.75 Å². The van der Waals surface area contributed by atoms with Crippen LogP contribution in [0.25, 0.3) is 0 Å². The molecular formula is C18H18FNO. The summed E-state index contributed by atoms with van der Waals surface area (Å²) < 4.78 is 19.3. The van der Waals surface area contributed by atoms with E-state index in [0.717, 1.165) is 23.5 Å². The highest BCUT2D eigenvalue weighted by atomic mass is 19.1. The molecule has 4 rings (SSSR count). The van der Waals surface area contributed by atoms with Crippen LogP contribution in [0.5, 0.6) is 5.75 Å². The van der Waals surface area contributed by atoms with Gasteiger partial charge >= 0.3 is 0 Å². The Hall–Kier alpha value is -1.87. The minimum atomic E-state index is -0.286. The third-order valence-corrected chi connectivity index (χ3v) is 4.47. The Morgan fingerprint density at radius 1 is 1.00 bits per heavy atom. The molecule has 2 aromatic rings. The molecule has 0 radical (unpaired) electrons. The SMILES string of the molecule is N[C@H]1CC(c2ccc(C3CC3)cc2)Oc2cc(F)ccc21. The first-order valence-corrected chi connectivity index (χ1v) is 7.52. The number of rotatable bonds is 2. The van der Waals surface area contributed by atoms with Crippen LogP contribution in [0.3, 0.4) is 0 Å². The molecule has 1 aliphatic heterocycles. The smallest absolute Gasteiger partial charge is 0.127 e. The number of fused-ring (bicyclic) bond motifs is 1. The van der Waals surface area contributed by atoms with E-state index in [1.165, 1.54) is 30.5 Å². The van der Waals surface area contributed by atoms with Gasteiger partial charge in [-0.3, -0.25) is 0 Å². The second kappa shape index (κ2) is 4.85. The van der Waals surface area contributed by atoms with Gasteiger partial charge in [0, 0.05) is 24.1 Å². The van der Waals surface area contributed by atoms with E-state index in [4.69, 9.17) is 10.5 Å². The van der Waals surface area contributed by atoms with E-state index in [2.05, 4.69) is 24.3 Å². The van der Waals surface area contributed by atoms with Gasteiger partial charge in [0.1, 0.15) is 17.7 Å². The topological polar surface area (TPSA) is 35.2 Å². The quantitative estimate of drug-likeness (QED) is 0.895. The zero-order chi connectivity index (χ0) is 14.4. The summed E-state index contributed by atoms with van der Waals surface area (Å²) in [5.41, 5.74) is 9.62. The molecular weight excluding hydrogens is 265 g/mol. The fourth-order valence-corrected chi connectivity index (χ4v) is 3.08. The Morgan fingerprint density at radius 3 is 2.43 bits per heavy atom. The first-order chi connectivity index (χ1) is 10.2. The Kier molecular flexibility index (Phi) is 2.96. The van der Waals surface area contributed by atoms with Crippen molar-refractivity contribution < 1.29 is 9.13 Å². The zero-order valence-corrected chi connectivity index (χ0v) is 11.8. The van der Waals surface area contributed by atoms with Gasteiger partial charge in [0.2, 0.25) is 0 Å². The summed E-state index contributed by atoms with van der Waals surface area (Å²) in [4.78, 5) is 0. The second-order valence-corrected chi connectivity index (χ2v) is 6.07. The second-order valence-electron chi connectivity index (χ2n) is 6.07. The first-order valence-electron chi connectivity index (χ1n) is 7.52. The number of halogens is 1. The van der Waals surface area contributed by atoms with Crippen molar-refractivity contribution in [2.75, 3.05) is 0 Å². The fourth-order valence-electron chi connectivity index (χ4n) is 3.08. The van der Waals surface area contributed by atoms with Crippen LogP contribution in [-0.2, 0) is 0 Å². The lowest BCUT2D eigenvalue weighted by Gasteiger charge is -2.30. The average molecular weight is 283 g/mol. The van der Waals surface area contributed by atoms with Crippen molar-refractivity contribution in [3.05, 3.63) is 65.0 Å². The van der Waals surface area contributed by atoms with Gasteiger partial charge < -0.3 is 10.5 Å². The van der Waals surface area contributed by atoms with Crippen LogP contribution in [0.1, 0.15) is 54.0 Å². The third kappa shape index (κ3) is 2.42. The predicted molar refractivity (Wildman–Crippen MR) is 79.7 cm³/mol. The van der Waals surface area contributed by atoms with E-state index in [9.17, 15) is 4.39 Å². The molecule has 1 saturated carbocycles. The highest BCUT2D eigenvalue weighted by Gasteiger charge is 2.28. The van der Waals surface area contributed by atoms with Crippen molar-refractivity contribution in [1.29, 1.82) is 0 Å². The number of benzene rings is 2. The van der Waals surface area contributed by atoms with Gasteiger partial charge in [0.25, 0.3) is 0 Å². The Balaban J connectivity index is 1.61. The normalized spacial score (nSPS) is 24.3. The van der Waals surface area contributed by atoms with Crippen LogP contribution in [0, 0.1) is 5.82 Å². The van der Waals surface area contributed by atoms with Crippen LogP contribution >= 0.6 is 0 Å². The fraction of sp³-hybridized carbons (Fsp3) is 0.333. The van der Waals surface area contributed by atoms with Gasteiger partial charge in [0.05, 0.1) is 0 Å². The molecule has 1 aliphatic carbocycles. The molecule has 2 atom stereocenters. The largest absolute Gasteiger partial charge is 0.485 e. The Bertz CT molecular complexity index is 663. The van der Waals surface area contributed by atoms with Crippen LogP contribution in [0.4, 0.5) is 4.39 Å². The van der Waals surface area contributed by atoms with Crippen LogP contribution < -0.4 is 10.5 Å². The highest BCUT2D eigenvalue weighted by Crippen LogP contribution is 2.42. The molecule has 21 heavy (non-hydrogen) atoms. The van der Waals surface area contributed by atoms with Gasteiger partial charge in [-0.2, -0.15) is 0 Å². The maximum atomic E-state index is 13.4. The molecule has 3 heteroatoms. The van der Waals surface area contributed by atoms with Gasteiger partial charge in [0.15, 0.2) is 0 Å². The Morgan fingerprint density at radius 2 is 1.71 bits per heavy atom. The molecule has 1 unspecified atom stereocenters. The Labute approximate surface area is 123 Å². The van der Waals surface area contributed by atoms with Crippen LogP contribution in [-0.4, -0.2) is 0 Å². The summed E-state index contributed by atoms with van der Waals surface area (Å²) in [6.07, 6.45) is 3.23. The van der Waals surface area contributed by atoms with Crippen molar-refractivity contribution in [2.45, 2.75) is 37.3 Å². The van der Waals surface area contributed by atoms with Gasteiger partial charge in [-0.25, -0.2) is 4.39 Å². The molecule has 2 N–H and O–H groups in total. The standard InChI is InChI=1S/C18H18FNO/c19-14-7-8-15-16(20)10-17(21-18(15)9-14)13-5-3-12(4-6-13)11-1-2-11/h3-9,11,16-17H,1-2,10,20H2/t16-,17?/m0/s1. The van der Waals surface area contributed by atoms with E-state index in [1.807, 2.05) is 0 Å². The monoisotopic (exact) mass is 283 g/mol. The molecule has 1 heterocycles. The lowest BCUT2D eigenvalue weighted by Crippen LogP contribution is -2.24. The minimum absolute atomic E-state index is 0.0949. The highest BCUT2D eigenvalue weighted by molar-refractivity contribution is 5.40. The molecule has 0 bridgehead atoms. The van der Waals surface area contributed by atoms with Gasteiger partial charge in [-0.15, -0.1) is 0 Å². The molecule has 0 saturated heterocycles. The van der Waals surface area contributed by atoms with Crippen molar-refractivity contribution in [1.82, 2.24) is 0 Å². The average Bonchev–Trinajstić information content (AvgIpc) is 3.31. The van der Waals surface area contributed by atoms with Crippen molar-refractivity contribution in [2.24, 2.45) is 5.73 Å². The number of nitrogens with two attached hydrogens (primary N) is 1. The van der Waals surface area contributed by atoms with Crippen molar-refractivity contribution in [3.63, 3.8) is 0 Å². The number of hydrogen-bond donors (Lipinski definition) is 1. The molecule has 2 aliphatic rings. The maximum Gasteiger partial charge on any atom is 0.127 e. The van der Waals surface area contributed by atoms with Gasteiger partial charge in [-0.1, -0.05) is 30.3 Å². The predicted octanol–water partition coefficient (Wildman–Crippen LogP) is 4.23. The van der Waals surface area contributed by atoms with Crippen LogP contribution in [0.15, 0.2) is 42.5 Å². The summed E-state index contributed by atoms with van der Waals surface area (Å²) in [5.74, 6) is 1.04. The number of hydrogen-bond acceptors (Lipinski definition) is 2. The molecule has 108 valence electrons. The van der Waals surface area contributed by atoms with E-state index in [-0.39, 0.29) is 18.0 Å². The summed E-state index contributed by atoms with van der Waals surface area (Å²) in [7, 11) is 0. The lowest BCUT2D eigenvalue weighted by atomic mass is 9.93. The van der Waals surface area contributed by atoms with E-state index < -0.39 is 0 Å². The minimum Gasteiger partial charge on any atom is -0.485 e. The molecule has 0 spiro atoms. The summed E-state index contributed by atoms with van der Waals surface area (Å²) in [6.45, 7) is 0. The summed E-state index contributed by atoms with van der Waals surface area (Å²) in [6, 6.07) is 13.1. The molecule has 1 fully saturated rings. The first kappa shape index (κ1) is 12.8. The van der Waals surface area contributed by atoms with Crippen molar-refractivity contribution >= 4 is 0 Å². The lowest BCUT2D eigenvalue weighted by molar-refractivity contribution is 0.160. The van der Waals surface area contributed by atoms with Crippen molar-refractivity contribution in [3.8, 4) is 5.75 Å². The summed E-state index contributed by atoms with van der Waals surface area (Å²) >= 11 is 0. The van der Waals surface area contributed by atoms with Gasteiger partial charge in [-0.05, 0) is 36.0 Å². The van der Waals surface area contributed by atoms with E-state index in [1.54, 1.807) is 6.07 Å². The maximum absolute atomic E-state index is 13.4. The molecule has 2 nitrogen and oxygen atoms in total. The summed E-state index contributed by atoms with van der Waals surface area (Å²) in [5, 5.41) is 0. The molecule has 0 aromatic heterocycles. The zero-order valence-electron chi connectivity index (χ0n) is 11.8. The van der Waals surface area contributed by atoms with E-state index >= 15 is 0 Å².